The third kappa shape index (κ3) is 4.14. The Labute approximate surface area is 310 Å². The van der Waals surface area contributed by atoms with E-state index in [0.29, 0.717) is 0 Å². The zero-order valence-corrected chi connectivity index (χ0v) is 30.5. The van der Waals surface area contributed by atoms with Gasteiger partial charge in [-0.15, -0.1) is 0 Å². The smallest absolute Gasteiger partial charge is 0.0467 e. The zero-order valence-electron chi connectivity index (χ0n) is 30.5. The second-order valence-electron chi connectivity index (χ2n) is 16.1. The number of para-hydroxylation sites is 1. The molecule has 0 radical (unpaired) electrons. The lowest BCUT2D eigenvalue weighted by molar-refractivity contribution is 0.662. The van der Waals surface area contributed by atoms with E-state index >= 15 is 0 Å². The summed E-state index contributed by atoms with van der Waals surface area (Å²) in [5, 5.41) is 10.9. The van der Waals surface area contributed by atoms with Gasteiger partial charge in [-0.25, -0.2) is 0 Å². The number of anilines is 3. The van der Waals surface area contributed by atoms with Gasteiger partial charge in [0.15, 0.2) is 0 Å². The molecule has 1 nitrogen and oxygen atoms in total. The van der Waals surface area contributed by atoms with Gasteiger partial charge in [-0.3, -0.25) is 0 Å². The van der Waals surface area contributed by atoms with E-state index in [2.05, 4.69) is 196 Å². The normalized spacial score (nSPS) is 14.7. The van der Waals surface area contributed by atoms with Gasteiger partial charge in [0.05, 0.1) is 0 Å². The second-order valence-corrected chi connectivity index (χ2v) is 16.1. The Bertz CT molecular complexity index is 2810. The van der Waals surface area contributed by atoms with Gasteiger partial charge in [0, 0.05) is 27.9 Å². The molecule has 0 aromatic heterocycles. The summed E-state index contributed by atoms with van der Waals surface area (Å²) in [5.74, 6) is 0. The molecular formula is C52H39N. The average Bonchev–Trinajstić information content (AvgIpc) is 3.58. The molecule has 9 aromatic rings. The van der Waals surface area contributed by atoms with Gasteiger partial charge in [0.25, 0.3) is 0 Å². The molecule has 0 atom stereocenters. The molecule has 0 aliphatic heterocycles. The molecule has 2 aliphatic rings. The Morgan fingerprint density at radius 3 is 1.21 bits per heavy atom. The molecule has 11 rings (SSSR count). The maximum absolute atomic E-state index is 2.41. The summed E-state index contributed by atoms with van der Waals surface area (Å²) in [6.45, 7) is 9.48. The summed E-state index contributed by atoms with van der Waals surface area (Å²) in [6.07, 6.45) is 0. The molecule has 0 fully saturated rings. The van der Waals surface area contributed by atoms with Crippen LogP contribution in [0.1, 0.15) is 49.9 Å². The summed E-state index contributed by atoms with van der Waals surface area (Å²) in [5.41, 5.74) is 14.0. The first-order valence-corrected chi connectivity index (χ1v) is 18.9. The van der Waals surface area contributed by atoms with Crippen molar-refractivity contribution >= 4 is 60.2 Å². The molecule has 0 saturated heterocycles. The highest BCUT2D eigenvalue weighted by Gasteiger charge is 2.35. The predicted octanol–water partition coefficient (Wildman–Crippen LogP) is 14.4. The Kier molecular flexibility index (Phi) is 6.14. The Hall–Kier alpha value is -6.18. The summed E-state index contributed by atoms with van der Waals surface area (Å²) >= 11 is 0. The first-order chi connectivity index (χ1) is 25.8. The second kappa shape index (κ2) is 10.7. The van der Waals surface area contributed by atoms with Gasteiger partial charge < -0.3 is 4.90 Å². The third-order valence-corrected chi connectivity index (χ3v) is 12.5. The number of hydrogen-bond donors (Lipinski definition) is 0. The maximum Gasteiger partial charge on any atom is 0.0467 e. The molecule has 0 N–H and O–H groups in total. The van der Waals surface area contributed by atoms with Crippen LogP contribution in [0.15, 0.2) is 164 Å². The van der Waals surface area contributed by atoms with Crippen LogP contribution in [-0.2, 0) is 10.8 Å². The molecule has 0 amide bonds. The SMILES string of the molecule is CC1(C)c2cccc3cc(-c4cccc(N(c5ccccc5)c5cccc(-c6cc7cccc8c7c7c(cccc67)C8(C)C)c5)c4)c4cccc1c4c23. The first kappa shape index (κ1) is 30.4. The Balaban J connectivity index is 1.10. The standard InChI is InChI=1S/C52H39N/c1-51(2)43-24-10-16-34-30-41(39-22-12-26-45(51)49(39)47(34)43)32-14-8-20-37(28-32)53(36-18-6-5-7-19-36)38-21-9-15-33(29-38)42-31-35-17-11-25-44-48(35)50-40(42)23-13-27-46(50)52(44,3)4/h5-31H,1-4H3. The van der Waals surface area contributed by atoms with Crippen LogP contribution in [-0.4, -0.2) is 0 Å². The highest BCUT2D eigenvalue weighted by molar-refractivity contribution is 6.21. The number of nitrogens with zero attached hydrogens (tertiary/aromatic N) is 1. The van der Waals surface area contributed by atoms with E-state index in [9.17, 15) is 0 Å². The minimum Gasteiger partial charge on any atom is -0.310 e. The van der Waals surface area contributed by atoms with Gasteiger partial charge in [0.1, 0.15) is 0 Å². The quantitative estimate of drug-likeness (QED) is 0.164. The van der Waals surface area contributed by atoms with Crippen LogP contribution in [0.25, 0.3) is 65.3 Å². The fourth-order valence-electron chi connectivity index (χ4n) is 10.00. The molecule has 252 valence electrons. The minimum absolute atomic E-state index is 0.0227. The average molecular weight is 678 g/mol. The third-order valence-electron chi connectivity index (χ3n) is 12.5. The van der Waals surface area contributed by atoms with Gasteiger partial charge in [-0.05, 0) is 136 Å². The van der Waals surface area contributed by atoms with Gasteiger partial charge in [-0.2, -0.15) is 0 Å². The van der Waals surface area contributed by atoms with E-state index in [1.165, 1.54) is 87.6 Å². The summed E-state index contributed by atoms with van der Waals surface area (Å²) in [6, 6.07) is 61.3. The van der Waals surface area contributed by atoms with Crippen LogP contribution in [0.4, 0.5) is 17.1 Å². The Morgan fingerprint density at radius 1 is 0.340 bits per heavy atom. The zero-order chi connectivity index (χ0) is 35.6. The van der Waals surface area contributed by atoms with Crippen molar-refractivity contribution in [3.63, 3.8) is 0 Å². The van der Waals surface area contributed by atoms with E-state index in [0.717, 1.165) is 17.1 Å². The number of rotatable bonds is 5. The molecule has 1 heteroatoms. The summed E-state index contributed by atoms with van der Waals surface area (Å²) < 4.78 is 0. The maximum atomic E-state index is 2.41. The summed E-state index contributed by atoms with van der Waals surface area (Å²) in [4.78, 5) is 2.41. The van der Waals surface area contributed by atoms with Crippen molar-refractivity contribution in [3.05, 3.63) is 186 Å². The fourth-order valence-corrected chi connectivity index (χ4v) is 10.00. The number of hydrogen-bond acceptors (Lipinski definition) is 1. The van der Waals surface area contributed by atoms with Gasteiger partial charge in [0.2, 0.25) is 0 Å². The summed E-state index contributed by atoms with van der Waals surface area (Å²) in [7, 11) is 0. The monoisotopic (exact) mass is 677 g/mol. The molecule has 0 unspecified atom stereocenters. The lowest BCUT2D eigenvalue weighted by atomic mass is 9.82. The first-order valence-electron chi connectivity index (χ1n) is 18.9. The lowest BCUT2D eigenvalue weighted by Crippen LogP contribution is -2.14. The van der Waals surface area contributed by atoms with Crippen molar-refractivity contribution in [1.82, 2.24) is 0 Å². The molecule has 0 saturated carbocycles. The van der Waals surface area contributed by atoms with Crippen molar-refractivity contribution in [3.8, 4) is 22.3 Å². The molecule has 0 bridgehead atoms. The van der Waals surface area contributed by atoms with Crippen molar-refractivity contribution < 1.29 is 0 Å². The molecular weight excluding hydrogens is 639 g/mol. The minimum atomic E-state index is -0.0227. The molecule has 53 heavy (non-hydrogen) atoms. The van der Waals surface area contributed by atoms with Crippen LogP contribution in [0.5, 0.6) is 0 Å². The lowest BCUT2D eigenvalue weighted by Gasteiger charge is -2.27. The van der Waals surface area contributed by atoms with E-state index in [4.69, 9.17) is 0 Å². The highest BCUT2D eigenvalue weighted by atomic mass is 15.1. The largest absolute Gasteiger partial charge is 0.310 e. The van der Waals surface area contributed by atoms with E-state index in [1.54, 1.807) is 0 Å². The van der Waals surface area contributed by atoms with Crippen molar-refractivity contribution in [2.45, 2.75) is 38.5 Å². The molecule has 2 aliphatic carbocycles. The van der Waals surface area contributed by atoms with Crippen LogP contribution >= 0.6 is 0 Å². The van der Waals surface area contributed by atoms with Crippen molar-refractivity contribution in [2.24, 2.45) is 0 Å². The van der Waals surface area contributed by atoms with Crippen LogP contribution in [0.3, 0.4) is 0 Å². The molecule has 0 heterocycles. The van der Waals surface area contributed by atoms with E-state index in [-0.39, 0.29) is 10.8 Å². The predicted molar refractivity (Wildman–Crippen MR) is 226 cm³/mol. The fraction of sp³-hybridized carbons (Fsp3) is 0.115. The van der Waals surface area contributed by atoms with Gasteiger partial charge >= 0.3 is 0 Å². The van der Waals surface area contributed by atoms with E-state index < -0.39 is 0 Å². The molecule has 9 aromatic carbocycles. The Morgan fingerprint density at radius 2 is 0.736 bits per heavy atom. The topological polar surface area (TPSA) is 3.24 Å². The van der Waals surface area contributed by atoms with Crippen LogP contribution in [0.2, 0.25) is 0 Å². The number of benzene rings is 9. The van der Waals surface area contributed by atoms with Crippen LogP contribution in [0, 0.1) is 0 Å². The van der Waals surface area contributed by atoms with Gasteiger partial charge in [-0.1, -0.05) is 143 Å². The highest BCUT2D eigenvalue weighted by Crippen LogP contribution is 2.53. The van der Waals surface area contributed by atoms with Crippen molar-refractivity contribution in [2.75, 3.05) is 4.90 Å². The van der Waals surface area contributed by atoms with Crippen LogP contribution < -0.4 is 4.90 Å². The van der Waals surface area contributed by atoms with E-state index in [1.807, 2.05) is 0 Å². The van der Waals surface area contributed by atoms with Crippen molar-refractivity contribution in [1.29, 1.82) is 0 Å². The molecule has 0 spiro atoms.